The van der Waals surface area contributed by atoms with Crippen molar-refractivity contribution in [1.29, 1.82) is 0 Å². The van der Waals surface area contributed by atoms with Gasteiger partial charge in [-0.1, -0.05) is 12.1 Å². The highest BCUT2D eigenvalue weighted by molar-refractivity contribution is 7.99. The number of aromatic nitrogens is 2. The summed E-state index contributed by atoms with van der Waals surface area (Å²) in [6, 6.07) is 6.82. The molecule has 0 spiro atoms. The SMILES string of the molecule is COC(=O)CNC(=O)Cn1c(SC(F)F)nc2ccccc21. The number of esters is 1. The van der Waals surface area contributed by atoms with Crippen molar-refractivity contribution in [1.82, 2.24) is 14.9 Å². The first-order chi connectivity index (χ1) is 10.5. The van der Waals surface area contributed by atoms with E-state index < -0.39 is 17.6 Å². The fourth-order valence-electron chi connectivity index (χ4n) is 1.82. The average Bonchev–Trinajstić information content (AvgIpc) is 2.82. The molecule has 9 heteroatoms. The normalized spacial score (nSPS) is 10.9. The van der Waals surface area contributed by atoms with E-state index in [1.165, 1.54) is 11.7 Å². The van der Waals surface area contributed by atoms with Crippen LogP contribution in [0.5, 0.6) is 0 Å². The molecule has 1 aromatic heterocycles. The van der Waals surface area contributed by atoms with Gasteiger partial charge in [0.25, 0.3) is 5.76 Å². The predicted molar refractivity (Wildman–Crippen MR) is 76.6 cm³/mol. The molecule has 1 aromatic carbocycles. The summed E-state index contributed by atoms with van der Waals surface area (Å²) in [7, 11) is 1.20. The standard InChI is InChI=1S/C13H13F2N3O3S/c1-21-11(20)6-16-10(19)7-18-9-5-3-2-4-8(9)17-13(18)22-12(14)15/h2-5,12H,6-7H2,1H3,(H,16,19). The molecule has 0 unspecified atom stereocenters. The third kappa shape index (κ3) is 3.94. The molecule has 1 amide bonds. The number of imidazole rings is 1. The van der Waals surface area contributed by atoms with Crippen LogP contribution in [-0.4, -0.2) is 40.8 Å². The van der Waals surface area contributed by atoms with E-state index in [-0.39, 0.29) is 30.0 Å². The van der Waals surface area contributed by atoms with Crippen LogP contribution in [0.25, 0.3) is 11.0 Å². The summed E-state index contributed by atoms with van der Waals surface area (Å²) in [5.74, 6) is -3.73. The van der Waals surface area contributed by atoms with Gasteiger partial charge in [-0.15, -0.1) is 0 Å². The molecule has 1 N–H and O–H groups in total. The van der Waals surface area contributed by atoms with Crippen molar-refractivity contribution in [3.8, 4) is 0 Å². The summed E-state index contributed by atoms with van der Waals surface area (Å²) in [6.07, 6.45) is 0. The van der Waals surface area contributed by atoms with Crippen LogP contribution in [0.2, 0.25) is 0 Å². The highest BCUT2D eigenvalue weighted by Crippen LogP contribution is 2.28. The van der Waals surface area contributed by atoms with Crippen LogP contribution in [-0.2, 0) is 20.9 Å². The lowest BCUT2D eigenvalue weighted by molar-refractivity contribution is -0.141. The Hall–Kier alpha value is -2.16. The Kier molecular flexibility index (Phi) is 5.31. The number of carbonyl (C=O) groups is 2. The maximum Gasteiger partial charge on any atom is 0.325 e. The summed E-state index contributed by atoms with van der Waals surface area (Å²) in [6.45, 7) is -0.494. The highest BCUT2D eigenvalue weighted by Gasteiger charge is 2.17. The van der Waals surface area contributed by atoms with Crippen molar-refractivity contribution in [3.63, 3.8) is 0 Å². The minimum Gasteiger partial charge on any atom is -0.468 e. The first kappa shape index (κ1) is 16.2. The molecule has 2 rings (SSSR count). The quantitative estimate of drug-likeness (QED) is 0.644. The van der Waals surface area contributed by atoms with Crippen LogP contribution in [0, 0.1) is 0 Å². The van der Waals surface area contributed by atoms with Crippen molar-refractivity contribution in [2.75, 3.05) is 13.7 Å². The second-order valence-electron chi connectivity index (χ2n) is 4.20. The fourth-order valence-corrected chi connectivity index (χ4v) is 2.42. The van der Waals surface area contributed by atoms with E-state index >= 15 is 0 Å². The summed E-state index contributed by atoms with van der Waals surface area (Å²) in [4.78, 5) is 26.9. The van der Waals surface area contributed by atoms with Crippen molar-refractivity contribution in [3.05, 3.63) is 24.3 Å². The van der Waals surface area contributed by atoms with Crippen molar-refractivity contribution < 1.29 is 23.1 Å². The van der Waals surface area contributed by atoms with Gasteiger partial charge in [-0.25, -0.2) is 4.98 Å². The van der Waals surface area contributed by atoms with Crippen molar-refractivity contribution in [2.24, 2.45) is 0 Å². The second kappa shape index (κ2) is 7.21. The smallest absolute Gasteiger partial charge is 0.325 e. The molecule has 1 heterocycles. The minimum absolute atomic E-state index is 0.0458. The summed E-state index contributed by atoms with van der Waals surface area (Å²) < 4.78 is 31.0. The molecule has 0 fully saturated rings. The van der Waals surface area contributed by atoms with Crippen LogP contribution in [0.3, 0.4) is 0 Å². The molecule has 0 atom stereocenters. The largest absolute Gasteiger partial charge is 0.468 e. The Morgan fingerprint density at radius 2 is 2.14 bits per heavy atom. The van der Waals surface area contributed by atoms with Gasteiger partial charge < -0.3 is 14.6 Å². The van der Waals surface area contributed by atoms with Gasteiger partial charge in [-0.3, -0.25) is 9.59 Å². The van der Waals surface area contributed by atoms with Gasteiger partial charge in [0, 0.05) is 0 Å². The zero-order chi connectivity index (χ0) is 16.1. The third-order valence-corrected chi connectivity index (χ3v) is 3.47. The lowest BCUT2D eigenvalue weighted by atomic mass is 10.3. The van der Waals surface area contributed by atoms with E-state index in [0.29, 0.717) is 11.0 Å². The number of alkyl halides is 2. The first-order valence-corrected chi connectivity index (χ1v) is 7.13. The van der Waals surface area contributed by atoms with Gasteiger partial charge in [-0.2, -0.15) is 8.78 Å². The number of fused-ring (bicyclic) bond motifs is 1. The van der Waals surface area contributed by atoms with E-state index in [1.54, 1.807) is 24.3 Å². The number of methoxy groups -OCH3 is 1. The second-order valence-corrected chi connectivity index (χ2v) is 5.16. The maximum absolute atomic E-state index is 12.6. The van der Waals surface area contributed by atoms with Crippen LogP contribution in [0.4, 0.5) is 8.78 Å². The van der Waals surface area contributed by atoms with E-state index in [4.69, 9.17) is 0 Å². The molecular formula is C13H13F2N3O3S. The number of hydrogen-bond acceptors (Lipinski definition) is 5. The molecule has 22 heavy (non-hydrogen) atoms. The van der Waals surface area contributed by atoms with Crippen LogP contribution >= 0.6 is 11.8 Å². The summed E-state index contributed by atoms with van der Waals surface area (Å²) >= 11 is 0.269. The summed E-state index contributed by atoms with van der Waals surface area (Å²) in [5.41, 5.74) is 1.09. The molecule has 6 nitrogen and oxygen atoms in total. The monoisotopic (exact) mass is 329 g/mol. The van der Waals surface area contributed by atoms with Gasteiger partial charge in [-0.05, 0) is 23.9 Å². The number of hydrogen-bond donors (Lipinski definition) is 1. The molecule has 0 aliphatic rings. The van der Waals surface area contributed by atoms with Crippen molar-refractivity contribution >= 4 is 34.7 Å². The van der Waals surface area contributed by atoms with Crippen LogP contribution in [0.1, 0.15) is 0 Å². The van der Waals surface area contributed by atoms with Gasteiger partial charge in [0.2, 0.25) is 5.91 Å². The Bertz CT molecular complexity index is 690. The molecule has 118 valence electrons. The van der Waals surface area contributed by atoms with Gasteiger partial charge in [0.15, 0.2) is 5.16 Å². The topological polar surface area (TPSA) is 73.2 Å². The van der Waals surface area contributed by atoms with E-state index in [2.05, 4.69) is 15.0 Å². The number of halogens is 2. The minimum atomic E-state index is -2.64. The molecular weight excluding hydrogens is 316 g/mol. The van der Waals surface area contributed by atoms with Crippen LogP contribution in [0.15, 0.2) is 29.4 Å². The first-order valence-electron chi connectivity index (χ1n) is 6.25. The molecule has 0 saturated heterocycles. The Morgan fingerprint density at radius 1 is 1.41 bits per heavy atom. The molecule has 0 aliphatic carbocycles. The zero-order valence-corrected chi connectivity index (χ0v) is 12.4. The number of thioether (sulfide) groups is 1. The lowest BCUT2D eigenvalue weighted by Gasteiger charge is -2.08. The number of amides is 1. The number of nitrogens with zero attached hydrogens (tertiary/aromatic N) is 2. The molecule has 0 radical (unpaired) electrons. The van der Waals surface area contributed by atoms with E-state index in [0.717, 1.165) is 0 Å². The average molecular weight is 329 g/mol. The number of para-hydroxylation sites is 2. The van der Waals surface area contributed by atoms with Gasteiger partial charge in [0.1, 0.15) is 13.1 Å². The molecule has 0 saturated carbocycles. The maximum atomic E-state index is 12.6. The molecule has 2 aromatic rings. The molecule has 0 bridgehead atoms. The highest BCUT2D eigenvalue weighted by atomic mass is 32.2. The van der Waals surface area contributed by atoms with Crippen molar-refractivity contribution in [2.45, 2.75) is 17.5 Å². The molecule has 0 aliphatic heterocycles. The third-order valence-electron chi connectivity index (χ3n) is 2.77. The van der Waals surface area contributed by atoms with E-state index in [1.807, 2.05) is 0 Å². The number of benzene rings is 1. The number of rotatable bonds is 6. The predicted octanol–water partition coefficient (Wildman–Crippen LogP) is 1.64. The Morgan fingerprint density at radius 3 is 2.82 bits per heavy atom. The zero-order valence-electron chi connectivity index (χ0n) is 11.6. The van der Waals surface area contributed by atoms with Gasteiger partial charge >= 0.3 is 5.97 Å². The van der Waals surface area contributed by atoms with E-state index in [9.17, 15) is 18.4 Å². The fraction of sp³-hybridized carbons (Fsp3) is 0.308. The summed E-state index contributed by atoms with van der Waals surface area (Å²) in [5, 5.41) is 2.40. The number of ether oxygens (including phenoxy) is 1. The Balaban J connectivity index is 2.20. The Labute approximate surface area is 128 Å². The lowest BCUT2D eigenvalue weighted by Crippen LogP contribution is -2.33. The number of nitrogens with one attached hydrogen (secondary N) is 1. The number of carbonyl (C=O) groups excluding carboxylic acids is 2. The van der Waals surface area contributed by atoms with Crippen LogP contribution < -0.4 is 5.32 Å². The van der Waals surface area contributed by atoms with Gasteiger partial charge in [0.05, 0.1) is 18.1 Å².